The quantitative estimate of drug-likeness (QED) is 0.517. The summed E-state index contributed by atoms with van der Waals surface area (Å²) in [4.78, 5) is 12.4. The number of methoxy groups -OCH3 is 1. The largest absolute Gasteiger partial charge is 0.495 e. The molecule has 0 bridgehead atoms. The molecule has 170 valence electrons. The molecule has 0 aliphatic carbocycles. The maximum atomic E-state index is 13.1. The third-order valence-corrected chi connectivity index (χ3v) is 5.86. The first-order chi connectivity index (χ1) is 15.7. The van der Waals surface area contributed by atoms with Crippen molar-refractivity contribution in [1.82, 2.24) is 0 Å². The molecule has 0 saturated heterocycles. The zero-order valence-corrected chi connectivity index (χ0v) is 18.5. The van der Waals surface area contributed by atoms with Crippen molar-refractivity contribution in [3.63, 3.8) is 0 Å². The number of carbonyl (C=O) groups excluding carboxylic acids is 1. The van der Waals surface area contributed by atoms with E-state index < -0.39 is 27.9 Å². The molecule has 33 heavy (non-hydrogen) atoms. The second-order valence-corrected chi connectivity index (χ2v) is 8.55. The molecule has 0 saturated carbocycles. The molecule has 0 aliphatic rings. The van der Waals surface area contributed by atoms with E-state index in [9.17, 15) is 17.6 Å². The number of sulfonamides is 1. The zero-order valence-electron chi connectivity index (χ0n) is 17.7. The number of hydrogen-bond donors (Lipinski definition) is 2. The van der Waals surface area contributed by atoms with Crippen molar-refractivity contribution in [1.29, 1.82) is 5.26 Å². The molecule has 0 aliphatic heterocycles. The first-order valence-corrected chi connectivity index (χ1v) is 11.1. The summed E-state index contributed by atoms with van der Waals surface area (Å²) in [6, 6.07) is 17.1. The molecule has 0 fully saturated rings. The maximum absolute atomic E-state index is 13.1. The van der Waals surface area contributed by atoms with E-state index in [0.717, 1.165) is 24.3 Å². The number of rotatable bonds is 8. The highest BCUT2D eigenvalue weighted by Gasteiger charge is 2.19. The fourth-order valence-corrected chi connectivity index (χ4v) is 3.88. The van der Waals surface area contributed by atoms with E-state index in [1.807, 2.05) is 6.07 Å². The molecule has 0 spiro atoms. The van der Waals surface area contributed by atoms with Crippen molar-refractivity contribution in [2.24, 2.45) is 0 Å². The number of ether oxygens (including phenoxy) is 2. The van der Waals surface area contributed by atoms with E-state index >= 15 is 0 Å². The van der Waals surface area contributed by atoms with E-state index in [0.29, 0.717) is 17.0 Å². The monoisotopic (exact) mass is 469 g/mol. The van der Waals surface area contributed by atoms with Gasteiger partial charge >= 0.3 is 0 Å². The van der Waals surface area contributed by atoms with Crippen LogP contribution in [-0.2, 0) is 14.8 Å². The number of nitrogens with one attached hydrogen (secondary N) is 2. The lowest BCUT2D eigenvalue weighted by atomic mass is 10.2. The number of nitriles is 1. The fourth-order valence-electron chi connectivity index (χ4n) is 2.82. The summed E-state index contributed by atoms with van der Waals surface area (Å²) in [5.41, 5.74) is 0.766. The molecule has 3 aromatic rings. The maximum Gasteiger partial charge on any atom is 0.265 e. The molecular weight excluding hydrogens is 449 g/mol. The molecule has 0 heterocycles. The topological polar surface area (TPSA) is 118 Å². The van der Waals surface area contributed by atoms with Crippen LogP contribution in [-0.4, -0.2) is 27.5 Å². The van der Waals surface area contributed by atoms with Gasteiger partial charge in [-0.25, -0.2) is 12.8 Å². The summed E-state index contributed by atoms with van der Waals surface area (Å²) < 4.78 is 51.6. The van der Waals surface area contributed by atoms with Gasteiger partial charge in [0.1, 0.15) is 17.3 Å². The third kappa shape index (κ3) is 5.99. The van der Waals surface area contributed by atoms with Gasteiger partial charge in [-0.05, 0) is 67.6 Å². The van der Waals surface area contributed by atoms with Gasteiger partial charge in [0.2, 0.25) is 0 Å². The number of carbonyl (C=O) groups is 1. The van der Waals surface area contributed by atoms with Crippen molar-refractivity contribution in [2.45, 2.75) is 17.9 Å². The molecule has 10 heteroatoms. The molecule has 0 radical (unpaired) electrons. The third-order valence-electron chi connectivity index (χ3n) is 4.48. The number of anilines is 2. The minimum absolute atomic E-state index is 0.0786. The van der Waals surface area contributed by atoms with Gasteiger partial charge in [-0.2, -0.15) is 5.26 Å². The number of hydrogen-bond acceptors (Lipinski definition) is 6. The Bertz CT molecular complexity index is 1300. The molecule has 1 amide bonds. The minimum atomic E-state index is -4.03. The van der Waals surface area contributed by atoms with Crippen LogP contribution in [0.1, 0.15) is 12.5 Å². The number of amides is 1. The van der Waals surface area contributed by atoms with Crippen LogP contribution >= 0.6 is 0 Å². The summed E-state index contributed by atoms with van der Waals surface area (Å²) in [5.74, 6) is -0.475. The summed E-state index contributed by atoms with van der Waals surface area (Å²) in [7, 11) is -2.66. The summed E-state index contributed by atoms with van der Waals surface area (Å²) in [6.07, 6.45) is -0.902. The molecule has 3 rings (SSSR count). The Kier molecular flexibility index (Phi) is 7.15. The zero-order chi connectivity index (χ0) is 24.0. The highest BCUT2D eigenvalue weighted by atomic mass is 32.2. The Hall–Kier alpha value is -4.10. The second-order valence-electron chi connectivity index (χ2n) is 6.86. The van der Waals surface area contributed by atoms with E-state index in [2.05, 4.69) is 10.0 Å². The number of halogens is 1. The minimum Gasteiger partial charge on any atom is -0.495 e. The number of benzene rings is 3. The van der Waals surface area contributed by atoms with E-state index in [4.69, 9.17) is 14.7 Å². The highest BCUT2D eigenvalue weighted by Crippen LogP contribution is 2.30. The van der Waals surface area contributed by atoms with Crippen molar-refractivity contribution < 1.29 is 27.1 Å². The van der Waals surface area contributed by atoms with Gasteiger partial charge in [0.25, 0.3) is 15.9 Å². The van der Waals surface area contributed by atoms with Gasteiger partial charge in [-0.1, -0.05) is 6.07 Å². The Morgan fingerprint density at radius 1 is 1.09 bits per heavy atom. The first kappa shape index (κ1) is 23.6. The van der Waals surface area contributed by atoms with Gasteiger partial charge in [-0.15, -0.1) is 0 Å². The van der Waals surface area contributed by atoms with Gasteiger partial charge in [0, 0.05) is 5.69 Å². The van der Waals surface area contributed by atoms with Crippen LogP contribution in [0.25, 0.3) is 0 Å². The van der Waals surface area contributed by atoms with E-state index in [1.165, 1.54) is 38.3 Å². The van der Waals surface area contributed by atoms with Crippen LogP contribution in [0.5, 0.6) is 11.5 Å². The molecule has 2 N–H and O–H groups in total. The van der Waals surface area contributed by atoms with Crippen molar-refractivity contribution in [3.8, 4) is 17.6 Å². The lowest BCUT2D eigenvalue weighted by molar-refractivity contribution is -0.122. The van der Waals surface area contributed by atoms with Crippen LogP contribution in [0.3, 0.4) is 0 Å². The van der Waals surface area contributed by atoms with E-state index in [1.54, 1.807) is 18.2 Å². The summed E-state index contributed by atoms with van der Waals surface area (Å²) >= 11 is 0. The average Bonchev–Trinajstić information content (AvgIpc) is 2.79. The van der Waals surface area contributed by atoms with E-state index in [-0.39, 0.29) is 16.3 Å². The predicted molar refractivity (Wildman–Crippen MR) is 120 cm³/mol. The van der Waals surface area contributed by atoms with Crippen molar-refractivity contribution in [3.05, 3.63) is 78.1 Å². The van der Waals surface area contributed by atoms with Gasteiger partial charge in [-0.3, -0.25) is 9.52 Å². The lowest BCUT2D eigenvalue weighted by Gasteiger charge is -2.17. The van der Waals surface area contributed by atoms with Crippen LogP contribution in [0.15, 0.2) is 71.6 Å². The van der Waals surface area contributed by atoms with Crippen LogP contribution < -0.4 is 19.5 Å². The van der Waals surface area contributed by atoms with Gasteiger partial charge in [0.05, 0.1) is 29.3 Å². The van der Waals surface area contributed by atoms with Crippen molar-refractivity contribution >= 4 is 27.3 Å². The fraction of sp³-hybridized carbons (Fsp3) is 0.130. The SMILES string of the molecule is COc1ccc(NC(=O)C(C)Oc2cccc(C#N)c2)cc1NS(=O)(=O)c1ccc(F)cc1. The molecular formula is C23H20FN3O5S. The van der Waals surface area contributed by atoms with Crippen molar-refractivity contribution in [2.75, 3.05) is 17.1 Å². The second kappa shape index (κ2) is 10.0. The highest BCUT2D eigenvalue weighted by molar-refractivity contribution is 7.92. The number of nitrogens with zero attached hydrogens (tertiary/aromatic N) is 1. The Labute approximate surface area is 190 Å². The normalized spacial score (nSPS) is 11.7. The summed E-state index contributed by atoms with van der Waals surface area (Å²) in [5, 5.41) is 11.6. The Balaban J connectivity index is 1.76. The lowest BCUT2D eigenvalue weighted by Crippen LogP contribution is -2.30. The molecule has 1 atom stereocenters. The smallest absolute Gasteiger partial charge is 0.265 e. The molecule has 8 nitrogen and oxygen atoms in total. The predicted octanol–water partition coefficient (Wildman–Crippen LogP) is 3.91. The van der Waals surface area contributed by atoms with Crippen LogP contribution in [0, 0.1) is 17.1 Å². The summed E-state index contributed by atoms with van der Waals surface area (Å²) in [6.45, 7) is 1.54. The Morgan fingerprint density at radius 2 is 1.82 bits per heavy atom. The van der Waals surface area contributed by atoms with Crippen LogP contribution in [0.4, 0.5) is 15.8 Å². The van der Waals surface area contributed by atoms with Gasteiger partial charge in [0.15, 0.2) is 6.10 Å². The van der Waals surface area contributed by atoms with Gasteiger partial charge < -0.3 is 14.8 Å². The standard InChI is InChI=1S/C23H20FN3O5S/c1-15(32-19-5-3-4-16(12-19)14-25)23(28)26-18-8-11-22(31-2)21(13-18)27-33(29,30)20-9-6-17(24)7-10-20/h3-13,15,27H,1-2H3,(H,26,28). The molecule has 1 unspecified atom stereocenters. The van der Waals surface area contributed by atoms with Crippen LogP contribution in [0.2, 0.25) is 0 Å². The molecule has 0 aromatic heterocycles. The molecule has 3 aromatic carbocycles. The first-order valence-electron chi connectivity index (χ1n) is 9.66. The average molecular weight is 469 g/mol. The Morgan fingerprint density at radius 3 is 2.48 bits per heavy atom.